The molecule has 11 rings (SSSR count). The summed E-state index contributed by atoms with van der Waals surface area (Å²) in [5.41, 5.74) is 10.5. The molecule has 1 heterocycles. The lowest BCUT2D eigenvalue weighted by Gasteiger charge is -2.16. The first-order valence-corrected chi connectivity index (χ1v) is 16.8. The van der Waals surface area contributed by atoms with E-state index < -0.39 is 0 Å². The molecule has 0 radical (unpaired) electrons. The van der Waals surface area contributed by atoms with E-state index in [-0.39, 0.29) is 5.92 Å². The molecule has 10 aromatic rings. The van der Waals surface area contributed by atoms with Crippen LogP contribution in [0.25, 0.3) is 81.7 Å². The van der Waals surface area contributed by atoms with Crippen molar-refractivity contribution in [2.24, 2.45) is 0 Å². The average molecular weight is 608 g/mol. The van der Waals surface area contributed by atoms with E-state index in [0.717, 1.165) is 0 Å². The molecule has 1 nitrogen and oxygen atoms in total. The molecule has 0 saturated carbocycles. The highest BCUT2D eigenvalue weighted by molar-refractivity contribution is 6.25. The molecule has 1 aliphatic rings. The summed E-state index contributed by atoms with van der Waals surface area (Å²) in [6, 6.07) is 63.2. The zero-order valence-corrected chi connectivity index (χ0v) is 26.2. The summed E-state index contributed by atoms with van der Waals surface area (Å²) in [4.78, 5) is 0. The van der Waals surface area contributed by atoms with Crippen LogP contribution < -0.4 is 0 Å². The van der Waals surface area contributed by atoms with E-state index in [2.05, 4.69) is 174 Å². The van der Waals surface area contributed by atoms with Crippen molar-refractivity contribution in [3.8, 4) is 16.8 Å². The van der Waals surface area contributed by atoms with Crippen molar-refractivity contribution >= 4 is 64.9 Å². The molecule has 0 bridgehead atoms. The lowest BCUT2D eigenvalue weighted by molar-refractivity contribution is 1.02. The topological polar surface area (TPSA) is 4.93 Å². The zero-order valence-electron chi connectivity index (χ0n) is 26.2. The Kier molecular flexibility index (Phi) is 5.23. The zero-order chi connectivity index (χ0) is 31.3. The molecular formula is C47H29N. The van der Waals surface area contributed by atoms with Crippen LogP contribution in [0, 0.1) is 0 Å². The van der Waals surface area contributed by atoms with Gasteiger partial charge in [0.1, 0.15) is 0 Å². The highest BCUT2D eigenvalue weighted by atomic mass is 15.0. The number of para-hydroxylation sites is 1. The first-order valence-electron chi connectivity index (χ1n) is 16.8. The molecule has 1 aliphatic carbocycles. The molecule has 0 saturated heterocycles. The summed E-state index contributed by atoms with van der Waals surface area (Å²) < 4.78 is 2.50. The second-order valence-corrected chi connectivity index (χ2v) is 13.2. The average Bonchev–Trinajstić information content (AvgIpc) is 3.66. The Labute approximate surface area is 277 Å². The summed E-state index contributed by atoms with van der Waals surface area (Å²) >= 11 is 0. The molecule has 9 aromatic carbocycles. The Morgan fingerprint density at radius 1 is 0.354 bits per heavy atom. The van der Waals surface area contributed by atoms with Gasteiger partial charge in [-0.1, -0.05) is 140 Å². The van der Waals surface area contributed by atoms with Gasteiger partial charge in [0, 0.05) is 22.4 Å². The van der Waals surface area contributed by atoms with Crippen molar-refractivity contribution in [3.05, 3.63) is 187 Å². The van der Waals surface area contributed by atoms with Gasteiger partial charge in [0.15, 0.2) is 0 Å². The molecule has 0 amide bonds. The molecule has 1 atom stereocenters. The lowest BCUT2D eigenvalue weighted by Crippen LogP contribution is -2.00. The largest absolute Gasteiger partial charge is 0.309 e. The highest BCUT2D eigenvalue weighted by Crippen LogP contribution is 2.53. The number of benzene rings is 9. The van der Waals surface area contributed by atoms with Gasteiger partial charge in [-0.05, 0) is 101 Å². The second kappa shape index (κ2) is 9.67. The smallest absolute Gasteiger partial charge is 0.0544 e. The number of nitrogens with zero attached hydrogens (tertiary/aromatic N) is 1. The Morgan fingerprint density at radius 2 is 0.958 bits per heavy atom. The summed E-state index contributed by atoms with van der Waals surface area (Å²) in [5, 5.41) is 13.0. The predicted octanol–water partition coefficient (Wildman–Crippen LogP) is 12.6. The minimum absolute atomic E-state index is 0.170. The molecule has 48 heavy (non-hydrogen) atoms. The minimum atomic E-state index is 0.170. The van der Waals surface area contributed by atoms with Crippen LogP contribution in [0.2, 0.25) is 0 Å². The third-order valence-corrected chi connectivity index (χ3v) is 10.8. The molecule has 222 valence electrons. The van der Waals surface area contributed by atoms with Crippen molar-refractivity contribution in [2.75, 3.05) is 0 Å². The maximum absolute atomic E-state index is 2.50. The van der Waals surface area contributed by atoms with Gasteiger partial charge in [0.25, 0.3) is 0 Å². The third kappa shape index (κ3) is 3.45. The van der Waals surface area contributed by atoms with Crippen LogP contribution in [0.4, 0.5) is 0 Å². The van der Waals surface area contributed by atoms with E-state index in [1.165, 1.54) is 98.4 Å². The minimum Gasteiger partial charge on any atom is -0.309 e. The highest BCUT2D eigenvalue weighted by Gasteiger charge is 2.32. The van der Waals surface area contributed by atoms with Crippen molar-refractivity contribution in [1.29, 1.82) is 0 Å². The molecule has 0 spiro atoms. The summed E-state index contributed by atoms with van der Waals surface area (Å²) in [6.07, 6.45) is 0. The van der Waals surface area contributed by atoms with E-state index in [0.29, 0.717) is 0 Å². The van der Waals surface area contributed by atoms with Crippen molar-refractivity contribution < 1.29 is 0 Å². The van der Waals surface area contributed by atoms with E-state index in [4.69, 9.17) is 0 Å². The van der Waals surface area contributed by atoms with Crippen molar-refractivity contribution in [2.45, 2.75) is 5.92 Å². The predicted molar refractivity (Wildman–Crippen MR) is 204 cm³/mol. The van der Waals surface area contributed by atoms with Gasteiger partial charge in [-0.25, -0.2) is 0 Å². The molecule has 0 aliphatic heterocycles. The number of aromatic nitrogens is 1. The first-order chi connectivity index (χ1) is 23.8. The maximum atomic E-state index is 2.50. The van der Waals surface area contributed by atoms with Crippen LogP contribution in [-0.2, 0) is 0 Å². The number of hydrogen-bond donors (Lipinski definition) is 0. The fourth-order valence-electron chi connectivity index (χ4n) is 8.80. The summed E-state index contributed by atoms with van der Waals surface area (Å²) in [5.74, 6) is 0.170. The van der Waals surface area contributed by atoms with Crippen LogP contribution in [0.3, 0.4) is 0 Å². The molecular weight excluding hydrogens is 579 g/mol. The fourth-order valence-corrected chi connectivity index (χ4v) is 8.80. The van der Waals surface area contributed by atoms with Crippen LogP contribution in [-0.4, -0.2) is 4.57 Å². The van der Waals surface area contributed by atoms with E-state index in [1.54, 1.807) is 0 Å². The SMILES string of the molecule is c1ccc(C2c3cc4c(cc3-c3c2ccc2ccccc32)c2ccccc2n4-c2ccc3c4ccccc4c4ccccc4c3c2)cc1. The Bertz CT molecular complexity index is 2910. The van der Waals surface area contributed by atoms with Gasteiger partial charge in [-0.2, -0.15) is 0 Å². The van der Waals surface area contributed by atoms with E-state index in [9.17, 15) is 0 Å². The first kappa shape index (κ1) is 25.9. The van der Waals surface area contributed by atoms with Gasteiger partial charge in [0.2, 0.25) is 0 Å². The van der Waals surface area contributed by atoms with Gasteiger partial charge >= 0.3 is 0 Å². The summed E-state index contributed by atoms with van der Waals surface area (Å²) in [6.45, 7) is 0. The maximum Gasteiger partial charge on any atom is 0.0544 e. The molecule has 1 heteroatoms. The van der Waals surface area contributed by atoms with Crippen LogP contribution in [0.15, 0.2) is 170 Å². The standard InChI is InChI=1S/C47H29N/c1-2-13-30(14-3-1)46-39-24-22-29-12-4-5-15-32(29)47(39)42-27-41-38-20-10-11-21-44(38)48(45(41)28-43(42)46)31-23-25-37-35-18-7-6-16-33(35)34-17-8-9-19-36(34)40(37)26-31/h1-28,46H. The fraction of sp³-hybridized carbons (Fsp3) is 0.0213. The van der Waals surface area contributed by atoms with Gasteiger partial charge < -0.3 is 4.57 Å². The van der Waals surface area contributed by atoms with Gasteiger partial charge in [-0.3, -0.25) is 0 Å². The quantitative estimate of drug-likeness (QED) is 0.172. The second-order valence-electron chi connectivity index (χ2n) is 13.2. The normalized spacial score (nSPS) is 14.0. The Balaban J connectivity index is 1.25. The third-order valence-electron chi connectivity index (χ3n) is 10.8. The summed E-state index contributed by atoms with van der Waals surface area (Å²) in [7, 11) is 0. The Morgan fingerprint density at radius 3 is 1.71 bits per heavy atom. The van der Waals surface area contributed by atoms with Crippen LogP contribution >= 0.6 is 0 Å². The van der Waals surface area contributed by atoms with Crippen molar-refractivity contribution in [1.82, 2.24) is 4.57 Å². The van der Waals surface area contributed by atoms with Crippen LogP contribution in [0.5, 0.6) is 0 Å². The molecule has 1 aromatic heterocycles. The molecule has 0 N–H and O–H groups in total. The van der Waals surface area contributed by atoms with Gasteiger partial charge in [0.05, 0.1) is 11.0 Å². The Hall–Kier alpha value is -6.18. The number of hydrogen-bond acceptors (Lipinski definition) is 0. The number of rotatable bonds is 2. The van der Waals surface area contributed by atoms with E-state index in [1.807, 2.05) is 0 Å². The lowest BCUT2D eigenvalue weighted by atomic mass is 9.88. The van der Waals surface area contributed by atoms with Crippen LogP contribution in [0.1, 0.15) is 22.6 Å². The molecule has 1 unspecified atom stereocenters. The van der Waals surface area contributed by atoms with E-state index >= 15 is 0 Å². The number of fused-ring (bicyclic) bond motifs is 14. The molecule has 0 fully saturated rings. The van der Waals surface area contributed by atoms with Crippen molar-refractivity contribution in [3.63, 3.8) is 0 Å². The monoisotopic (exact) mass is 607 g/mol. The van der Waals surface area contributed by atoms with Gasteiger partial charge in [-0.15, -0.1) is 0 Å².